The highest BCUT2D eigenvalue weighted by molar-refractivity contribution is 5.83. The lowest BCUT2D eigenvalue weighted by atomic mass is 10.0. The van der Waals surface area contributed by atoms with Crippen molar-refractivity contribution in [1.29, 1.82) is 0 Å². The molecule has 0 spiro atoms. The fourth-order valence-corrected chi connectivity index (χ4v) is 3.34. The van der Waals surface area contributed by atoms with Gasteiger partial charge in [0, 0.05) is 25.2 Å². The summed E-state index contributed by atoms with van der Waals surface area (Å²) in [6.07, 6.45) is 4.18. The highest BCUT2D eigenvalue weighted by Crippen LogP contribution is 2.24. The first kappa shape index (κ1) is 24.6. The van der Waals surface area contributed by atoms with E-state index in [0.717, 1.165) is 6.42 Å². The average Bonchev–Trinajstić information content (AvgIpc) is 2.66. The molecule has 1 heterocycles. The second-order valence-electron chi connectivity index (χ2n) is 6.91. The molecule has 162 valence electrons. The van der Waals surface area contributed by atoms with Crippen LogP contribution in [0.15, 0.2) is 36.0 Å². The zero-order valence-corrected chi connectivity index (χ0v) is 17.5. The first-order valence-electron chi connectivity index (χ1n) is 9.47. The van der Waals surface area contributed by atoms with Crippen LogP contribution in [-0.4, -0.2) is 84.4 Å². The normalized spacial score (nSPS) is 21.5. The monoisotopic (exact) mass is 412 g/mol. The number of nitrogens with zero attached hydrogens (tertiary/aromatic N) is 4. The van der Waals surface area contributed by atoms with E-state index in [9.17, 15) is 23.2 Å². The molecule has 1 saturated heterocycles. The maximum atomic E-state index is 14.3. The minimum absolute atomic E-state index is 0.00552. The Hall–Kier alpha value is -2.39. The molecule has 0 aromatic carbocycles. The van der Waals surface area contributed by atoms with Gasteiger partial charge in [0.15, 0.2) is 0 Å². The van der Waals surface area contributed by atoms with Gasteiger partial charge in [-0.15, -0.1) is 0 Å². The van der Waals surface area contributed by atoms with E-state index >= 15 is 0 Å². The Balaban J connectivity index is 3.22. The summed E-state index contributed by atoms with van der Waals surface area (Å²) in [6.45, 7) is 6.61. The summed E-state index contributed by atoms with van der Waals surface area (Å²) in [5.41, 5.74) is 0.148. The van der Waals surface area contributed by atoms with Gasteiger partial charge >= 0.3 is 0 Å². The van der Waals surface area contributed by atoms with Crippen LogP contribution in [0.5, 0.6) is 0 Å². The van der Waals surface area contributed by atoms with E-state index in [1.807, 2.05) is 6.92 Å². The average molecular weight is 412 g/mol. The summed E-state index contributed by atoms with van der Waals surface area (Å²) in [5.74, 6) is -1.92. The maximum absolute atomic E-state index is 14.3. The highest BCUT2D eigenvalue weighted by atomic mass is 19.1. The Morgan fingerprint density at radius 3 is 2.48 bits per heavy atom. The number of hydrogen-bond acceptors (Lipinski definition) is 5. The van der Waals surface area contributed by atoms with Crippen molar-refractivity contribution in [1.82, 2.24) is 19.8 Å². The molecule has 0 aliphatic carbocycles. The van der Waals surface area contributed by atoms with E-state index in [1.54, 1.807) is 25.9 Å². The lowest BCUT2D eigenvalue weighted by molar-refractivity contribution is -0.170. The van der Waals surface area contributed by atoms with Gasteiger partial charge in [0.25, 0.3) is 0 Å². The third-order valence-corrected chi connectivity index (χ3v) is 4.95. The third kappa shape index (κ3) is 6.30. The molecule has 7 nitrogen and oxygen atoms in total. The van der Waals surface area contributed by atoms with Crippen LogP contribution in [0.3, 0.4) is 0 Å². The minimum atomic E-state index is -0.920. The van der Waals surface area contributed by atoms with E-state index in [-0.39, 0.29) is 31.1 Å². The van der Waals surface area contributed by atoms with Crippen molar-refractivity contribution < 1.29 is 23.2 Å². The second kappa shape index (κ2) is 11.6. The Labute approximate surface area is 170 Å². The fourth-order valence-electron chi connectivity index (χ4n) is 3.34. The third-order valence-electron chi connectivity index (χ3n) is 4.95. The standard InChI is InChI=1S/C20H30F2N4O3/c1-6-8-18-20(29)25(12-16(7-2)17(22)11-15(3)21)13-19(24(18)5)26(14-28)23(4)9-10-27/h7,10-11,14,18-19H,3,6,8-9,12-13H2,1-2,4-5H3/b16-7-,17-11+/t18-,19?/m0/s1. The van der Waals surface area contributed by atoms with Crippen molar-refractivity contribution in [3.8, 4) is 0 Å². The molecule has 0 N–H and O–H groups in total. The number of piperazine rings is 1. The fraction of sp³-hybridized carbons (Fsp3) is 0.550. The van der Waals surface area contributed by atoms with Crippen LogP contribution >= 0.6 is 0 Å². The number of hydrazine groups is 1. The summed E-state index contributed by atoms with van der Waals surface area (Å²) in [7, 11) is 3.34. The van der Waals surface area contributed by atoms with Gasteiger partial charge in [-0.2, -0.15) is 0 Å². The SMILES string of the molecule is C=C(F)/C=C(F)\C(=C/C)CN1CC(N(C=O)N(C)CC=O)N(C)[C@@H](CCC)C1=O. The lowest BCUT2D eigenvalue weighted by Crippen LogP contribution is -2.67. The van der Waals surface area contributed by atoms with Gasteiger partial charge < -0.3 is 9.69 Å². The molecule has 0 aromatic rings. The van der Waals surface area contributed by atoms with Gasteiger partial charge in [0.05, 0.1) is 19.1 Å². The lowest BCUT2D eigenvalue weighted by Gasteiger charge is -2.49. The number of aldehydes is 1. The number of rotatable bonds is 11. The Kier molecular flexibility index (Phi) is 9.84. The van der Waals surface area contributed by atoms with E-state index in [1.165, 1.54) is 21.0 Å². The van der Waals surface area contributed by atoms with E-state index in [0.29, 0.717) is 25.2 Å². The smallest absolute Gasteiger partial charge is 0.240 e. The Morgan fingerprint density at radius 2 is 2.00 bits per heavy atom. The van der Waals surface area contributed by atoms with E-state index in [4.69, 9.17) is 0 Å². The molecule has 2 amide bonds. The van der Waals surface area contributed by atoms with Crippen LogP contribution in [0.25, 0.3) is 0 Å². The molecule has 1 aliphatic heterocycles. The van der Waals surface area contributed by atoms with Crippen LogP contribution < -0.4 is 0 Å². The quantitative estimate of drug-likeness (QED) is 0.295. The molecular formula is C20H30F2N4O3. The van der Waals surface area contributed by atoms with Crippen LogP contribution in [0.2, 0.25) is 0 Å². The van der Waals surface area contributed by atoms with Crippen molar-refractivity contribution in [2.45, 2.75) is 38.9 Å². The van der Waals surface area contributed by atoms with Crippen molar-refractivity contribution >= 4 is 18.6 Å². The summed E-state index contributed by atoms with van der Waals surface area (Å²) >= 11 is 0. The maximum Gasteiger partial charge on any atom is 0.240 e. The molecule has 1 fully saturated rings. The van der Waals surface area contributed by atoms with Gasteiger partial charge in [-0.3, -0.25) is 19.5 Å². The molecule has 0 aromatic heterocycles. The molecule has 1 rings (SSSR count). The number of amides is 2. The molecule has 0 radical (unpaired) electrons. The van der Waals surface area contributed by atoms with Crippen LogP contribution in [0, 0.1) is 0 Å². The highest BCUT2D eigenvalue weighted by Gasteiger charge is 2.41. The molecule has 9 heteroatoms. The van der Waals surface area contributed by atoms with Gasteiger partial charge in [-0.25, -0.2) is 13.8 Å². The minimum Gasteiger partial charge on any atom is -0.333 e. The number of likely N-dealkylation sites (N-methyl/N-ethyl adjacent to an activating group) is 2. The molecule has 2 atom stereocenters. The van der Waals surface area contributed by atoms with Crippen molar-refractivity contribution in [2.24, 2.45) is 0 Å². The van der Waals surface area contributed by atoms with Crippen molar-refractivity contribution in [3.63, 3.8) is 0 Å². The zero-order valence-electron chi connectivity index (χ0n) is 17.5. The number of carbonyl (C=O) groups is 3. The van der Waals surface area contributed by atoms with Crippen molar-refractivity contribution in [2.75, 3.05) is 33.7 Å². The molecule has 0 saturated carbocycles. The van der Waals surface area contributed by atoms with Gasteiger partial charge in [0.2, 0.25) is 12.3 Å². The van der Waals surface area contributed by atoms with Gasteiger partial charge in [-0.05, 0) is 20.4 Å². The first-order valence-corrected chi connectivity index (χ1v) is 9.47. The largest absolute Gasteiger partial charge is 0.333 e. The van der Waals surface area contributed by atoms with Gasteiger partial charge in [-0.1, -0.05) is 26.0 Å². The number of allylic oxidation sites excluding steroid dienone is 3. The summed E-state index contributed by atoms with van der Waals surface area (Å²) in [6, 6.07) is -0.507. The van der Waals surface area contributed by atoms with Gasteiger partial charge in [0.1, 0.15) is 24.1 Å². The predicted molar refractivity (Wildman–Crippen MR) is 107 cm³/mol. The summed E-state index contributed by atoms with van der Waals surface area (Å²) < 4.78 is 27.3. The molecular weight excluding hydrogens is 382 g/mol. The van der Waals surface area contributed by atoms with Crippen LogP contribution in [-0.2, 0) is 14.4 Å². The van der Waals surface area contributed by atoms with E-state index in [2.05, 4.69) is 6.58 Å². The number of halogens is 2. The first-order chi connectivity index (χ1) is 13.7. The molecule has 1 aliphatic rings. The molecule has 1 unspecified atom stereocenters. The van der Waals surface area contributed by atoms with Crippen LogP contribution in [0.1, 0.15) is 26.7 Å². The summed E-state index contributed by atoms with van der Waals surface area (Å²) in [4.78, 5) is 38.9. The molecule has 29 heavy (non-hydrogen) atoms. The predicted octanol–water partition coefficient (Wildman–Crippen LogP) is 2.04. The topological polar surface area (TPSA) is 64.2 Å². The number of carbonyl (C=O) groups excluding carboxylic acids is 3. The second-order valence-corrected chi connectivity index (χ2v) is 6.91. The zero-order chi connectivity index (χ0) is 22.1. The number of hydrogen-bond donors (Lipinski definition) is 0. The van der Waals surface area contributed by atoms with Crippen molar-refractivity contribution in [3.05, 3.63) is 36.0 Å². The molecule has 0 bridgehead atoms. The van der Waals surface area contributed by atoms with E-state index < -0.39 is 23.9 Å². The Morgan fingerprint density at radius 1 is 1.34 bits per heavy atom. The van der Waals surface area contributed by atoms with Crippen LogP contribution in [0.4, 0.5) is 8.78 Å². The Bertz CT molecular complexity index is 681. The summed E-state index contributed by atoms with van der Waals surface area (Å²) in [5, 5.41) is 2.81.